The van der Waals surface area contributed by atoms with Crippen molar-refractivity contribution in [3.63, 3.8) is 0 Å². The van der Waals surface area contributed by atoms with Crippen LogP contribution in [0.4, 0.5) is 4.79 Å². The number of hydrogen-bond acceptors (Lipinski definition) is 5. The van der Waals surface area contributed by atoms with E-state index in [2.05, 4.69) is 25.9 Å². The van der Waals surface area contributed by atoms with Gasteiger partial charge >= 0.3 is 6.09 Å². The molecule has 0 bridgehead atoms. The summed E-state index contributed by atoms with van der Waals surface area (Å²) in [5.74, 6) is 1.21. The van der Waals surface area contributed by atoms with Crippen LogP contribution in [0.3, 0.4) is 0 Å². The highest BCUT2D eigenvalue weighted by atomic mass is 127. The Morgan fingerprint density at radius 2 is 1.83 bits per heavy atom. The van der Waals surface area contributed by atoms with Gasteiger partial charge in [0, 0.05) is 25.2 Å². The smallest absolute Gasteiger partial charge is 0.407 e. The Bertz CT molecular complexity index is 772. The van der Waals surface area contributed by atoms with Gasteiger partial charge in [0.15, 0.2) is 5.96 Å². The summed E-state index contributed by atoms with van der Waals surface area (Å²) in [6.45, 7) is 9.50. The van der Waals surface area contributed by atoms with Gasteiger partial charge in [-0.1, -0.05) is 18.2 Å². The fourth-order valence-electron chi connectivity index (χ4n) is 2.25. The summed E-state index contributed by atoms with van der Waals surface area (Å²) in [6.07, 6.45) is 1.17. The van der Waals surface area contributed by atoms with Gasteiger partial charge in [-0.25, -0.2) is 14.8 Å². The van der Waals surface area contributed by atoms with E-state index in [4.69, 9.17) is 9.15 Å². The van der Waals surface area contributed by atoms with Crippen molar-refractivity contribution in [2.75, 3.05) is 19.6 Å². The Balaban J connectivity index is 0.00000420. The van der Waals surface area contributed by atoms with Gasteiger partial charge in [0.1, 0.15) is 17.6 Å². The molecule has 0 spiro atoms. The predicted octanol–water partition coefficient (Wildman–Crippen LogP) is 3.54. The summed E-state index contributed by atoms with van der Waals surface area (Å²) in [7, 11) is 0. The van der Waals surface area contributed by atoms with Gasteiger partial charge in [-0.05, 0) is 39.8 Å². The SMILES string of the molecule is CCNC(=NCc1coc(-c2ccccc2)n1)NCCNC(=O)OC(C)(C)C.I. The number of guanidine groups is 1. The lowest BCUT2D eigenvalue weighted by molar-refractivity contribution is 0.0529. The van der Waals surface area contributed by atoms with Crippen molar-refractivity contribution in [2.24, 2.45) is 4.99 Å². The fourth-order valence-corrected chi connectivity index (χ4v) is 2.25. The lowest BCUT2D eigenvalue weighted by atomic mass is 10.2. The predicted molar refractivity (Wildman–Crippen MR) is 124 cm³/mol. The third-order valence-electron chi connectivity index (χ3n) is 3.40. The van der Waals surface area contributed by atoms with Crippen molar-refractivity contribution in [1.29, 1.82) is 0 Å². The maximum Gasteiger partial charge on any atom is 0.407 e. The molecule has 0 aliphatic carbocycles. The monoisotopic (exact) mass is 515 g/mol. The highest BCUT2D eigenvalue weighted by Gasteiger charge is 2.15. The van der Waals surface area contributed by atoms with E-state index < -0.39 is 11.7 Å². The molecule has 0 radical (unpaired) electrons. The van der Waals surface area contributed by atoms with E-state index in [0.29, 0.717) is 31.5 Å². The van der Waals surface area contributed by atoms with Crippen molar-refractivity contribution in [1.82, 2.24) is 20.9 Å². The van der Waals surface area contributed by atoms with E-state index in [9.17, 15) is 4.79 Å². The number of carbonyl (C=O) groups excluding carboxylic acids is 1. The summed E-state index contributed by atoms with van der Waals surface area (Å²) in [5.41, 5.74) is 1.16. The molecule has 0 aliphatic rings. The van der Waals surface area contributed by atoms with Crippen LogP contribution in [-0.2, 0) is 11.3 Å². The molecule has 29 heavy (non-hydrogen) atoms. The Kier molecular flexibility index (Phi) is 10.5. The van der Waals surface area contributed by atoms with E-state index in [-0.39, 0.29) is 24.0 Å². The van der Waals surface area contributed by atoms with Crippen molar-refractivity contribution >= 4 is 36.0 Å². The zero-order valence-electron chi connectivity index (χ0n) is 17.3. The summed E-state index contributed by atoms with van der Waals surface area (Å²) in [6, 6.07) is 9.72. The van der Waals surface area contributed by atoms with Crippen LogP contribution in [-0.4, -0.2) is 42.3 Å². The van der Waals surface area contributed by atoms with Crippen LogP contribution in [0.25, 0.3) is 11.5 Å². The largest absolute Gasteiger partial charge is 0.444 e. The molecular weight excluding hydrogens is 485 g/mol. The van der Waals surface area contributed by atoms with Crippen LogP contribution in [0.1, 0.15) is 33.4 Å². The minimum atomic E-state index is -0.510. The van der Waals surface area contributed by atoms with Crippen molar-refractivity contribution in [3.8, 4) is 11.5 Å². The second-order valence-corrected chi connectivity index (χ2v) is 7.06. The molecule has 1 heterocycles. The van der Waals surface area contributed by atoms with Crippen LogP contribution in [0, 0.1) is 0 Å². The van der Waals surface area contributed by atoms with Gasteiger partial charge in [0.05, 0.1) is 6.54 Å². The number of halogens is 1. The number of nitrogens with zero attached hydrogens (tertiary/aromatic N) is 2. The van der Waals surface area contributed by atoms with Gasteiger partial charge in [0.2, 0.25) is 5.89 Å². The molecule has 160 valence electrons. The molecule has 0 atom stereocenters. The van der Waals surface area contributed by atoms with Crippen LogP contribution < -0.4 is 16.0 Å². The van der Waals surface area contributed by atoms with E-state index >= 15 is 0 Å². The first kappa shape index (κ1) is 24.7. The number of amides is 1. The van der Waals surface area contributed by atoms with Crippen LogP contribution in [0.5, 0.6) is 0 Å². The molecule has 0 saturated carbocycles. The normalized spacial score (nSPS) is 11.4. The quantitative estimate of drug-likeness (QED) is 0.226. The molecular formula is C20H30IN5O3. The number of aromatic nitrogens is 1. The van der Waals surface area contributed by atoms with Gasteiger partial charge in [-0.2, -0.15) is 0 Å². The van der Waals surface area contributed by atoms with E-state index in [1.807, 2.05) is 58.0 Å². The molecule has 2 aromatic rings. The average Bonchev–Trinajstić information content (AvgIpc) is 3.11. The number of rotatable bonds is 7. The highest BCUT2D eigenvalue weighted by molar-refractivity contribution is 14.0. The third kappa shape index (κ3) is 9.64. The topological polar surface area (TPSA) is 101 Å². The number of carbonyl (C=O) groups is 1. The minimum absolute atomic E-state index is 0. The molecule has 1 aromatic heterocycles. The Hall–Kier alpha value is -2.30. The van der Waals surface area contributed by atoms with Gasteiger partial charge in [-0.3, -0.25) is 0 Å². The first-order valence-electron chi connectivity index (χ1n) is 9.36. The number of hydrogen-bond donors (Lipinski definition) is 3. The Morgan fingerprint density at radius 3 is 2.48 bits per heavy atom. The maximum absolute atomic E-state index is 11.6. The first-order valence-corrected chi connectivity index (χ1v) is 9.36. The van der Waals surface area contributed by atoms with Crippen molar-refractivity contribution in [2.45, 2.75) is 39.8 Å². The second kappa shape index (κ2) is 12.3. The molecule has 2 rings (SSSR count). The fraction of sp³-hybridized carbons (Fsp3) is 0.450. The number of aliphatic imine (C=N–C) groups is 1. The lowest BCUT2D eigenvalue weighted by Gasteiger charge is -2.19. The molecule has 3 N–H and O–H groups in total. The van der Waals surface area contributed by atoms with Gasteiger partial charge in [0.25, 0.3) is 0 Å². The number of alkyl carbamates (subject to hydrolysis) is 1. The van der Waals surface area contributed by atoms with Crippen molar-refractivity contribution < 1.29 is 13.9 Å². The first-order chi connectivity index (χ1) is 13.4. The Morgan fingerprint density at radius 1 is 1.14 bits per heavy atom. The Labute approximate surface area is 188 Å². The average molecular weight is 515 g/mol. The van der Waals surface area contributed by atoms with Crippen LogP contribution in [0.15, 0.2) is 46.0 Å². The van der Waals surface area contributed by atoms with E-state index in [1.54, 1.807) is 6.26 Å². The molecule has 0 fully saturated rings. The molecule has 1 aromatic carbocycles. The third-order valence-corrected chi connectivity index (χ3v) is 3.40. The summed E-state index contributed by atoms with van der Waals surface area (Å²) < 4.78 is 10.7. The van der Waals surface area contributed by atoms with E-state index in [1.165, 1.54) is 0 Å². The standard InChI is InChI=1S/C20H29N5O3.HI/c1-5-21-18(22-11-12-23-19(26)28-20(2,3)4)24-13-16-14-27-17(25-16)15-9-7-6-8-10-15;/h6-10,14H,5,11-13H2,1-4H3,(H,23,26)(H2,21,22,24);1H. The number of oxazole rings is 1. The number of ether oxygens (including phenoxy) is 1. The zero-order valence-corrected chi connectivity index (χ0v) is 19.7. The minimum Gasteiger partial charge on any atom is -0.444 e. The molecule has 0 saturated heterocycles. The zero-order chi connectivity index (χ0) is 20.4. The number of nitrogens with one attached hydrogen (secondary N) is 3. The molecule has 0 unspecified atom stereocenters. The summed E-state index contributed by atoms with van der Waals surface area (Å²) in [5, 5.41) is 9.01. The second-order valence-electron chi connectivity index (χ2n) is 7.06. The van der Waals surface area contributed by atoms with Crippen LogP contribution >= 0.6 is 24.0 Å². The highest BCUT2D eigenvalue weighted by Crippen LogP contribution is 2.18. The van der Waals surface area contributed by atoms with Gasteiger partial charge < -0.3 is 25.1 Å². The lowest BCUT2D eigenvalue weighted by Crippen LogP contribution is -2.42. The van der Waals surface area contributed by atoms with Crippen molar-refractivity contribution in [3.05, 3.63) is 42.3 Å². The molecule has 0 aliphatic heterocycles. The molecule has 1 amide bonds. The summed E-state index contributed by atoms with van der Waals surface area (Å²) in [4.78, 5) is 20.6. The number of benzene rings is 1. The van der Waals surface area contributed by atoms with Gasteiger partial charge in [-0.15, -0.1) is 24.0 Å². The molecule has 9 heteroatoms. The van der Waals surface area contributed by atoms with Crippen LogP contribution in [0.2, 0.25) is 0 Å². The summed E-state index contributed by atoms with van der Waals surface area (Å²) >= 11 is 0. The van der Waals surface area contributed by atoms with E-state index in [0.717, 1.165) is 17.8 Å². The maximum atomic E-state index is 11.6. The molecule has 8 nitrogen and oxygen atoms in total.